The summed E-state index contributed by atoms with van der Waals surface area (Å²) in [4.78, 5) is 10.2. The van der Waals surface area contributed by atoms with Gasteiger partial charge in [-0.05, 0) is 102 Å². The van der Waals surface area contributed by atoms with Crippen molar-refractivity contribution in [3.63, 3.8) is 0 Å². The molecular formula is C51H34N4O2. The Kier molecular flexibility index (Phi) is 7.01. The van der Waals surface area contributed by atoms with Crippen molar-refractivity contribution in [1.82, 2.24) is 9.88 Å². The number of amidine groups is 2. The standard InChI is InChI=1S/C51H34N4O2/c1-3-11-31(12-4-1)49-52-50(32-13-5-2-6-14-32)54-51(53-49)35-21-26-47-42(29-35)41-28-34(20-25-46(41)56-47)33-19-24-45-40(27-33)39-23-22-36(30-48(39)57-45)55-43-17-9-7-15-37(43)38-16-8-10-18-44(38)55/h1-5,7-13,15-30,49H,6,14H2,(H,52,53,54). The van der Waals surface area contributed by atoms with Gasteiger partial charge in [0, 0.05) is 49.6 Å². The molecule has 0 bridgehead atoms. The van der Waals surface area contributed by atoms with Gasteiger partial charge in [-0.25, -0.2) is 9.98 Å². The molecular weight excluding hydrogens is 701 g/mol. The molecule has 0 radical (unpaired) electrons. The third-order valence-electron chi connectivity index (χ3n) is 11.5. The van der Waals surface area contributed by atoms with E-state index in [-0.39, 0.29) is 6.17 Å². The first-order valence-electron chi connectivity index (χ1n) is 19.5. The average Bonchev–Trinajstić information content (AvgIpc) is 3.95. The fraction of sp³-hybridized carbons (Fsp3) is 0.0588. The van der Waals surface area contributed by atoms with Gasteiger partial charge in [-0.3, -0.25) is 0 Å². The predicted molar refractivity (Wildman–Crippen MR) is 234 cm³/mol. The van der Waals surface area contributed by atoms with E-state index in [2.05, 4.69) is 168 Å². The zero-order valence-corrected chi connectivity index (χ0v) is 30.8. The summed E-state index contributed by atoms with van der Waals surface area (Å²) in [6.45, 7) is 0. The topological polar surface area (TPSA) is 68.0 Å². The summed E-state index contributed by atoms with van der Waals surface area (Å²) < 4.78 is 15.2. The van der Waals surface area contributed by atoms with E-state index < -0.39 is 0 Å². The van der Waals surface area contributed by atoms with Crippen molar-refractivity contribution in [3.05, 3.63) is 187 Å². The van der Waals surface area contributed by atoms with Gasteiger partial charge in [-0.15, -0.1) is 0 Å². The number of allylic oxidation sites excluding steroid dienone is 3. The molecule has 1 N–H and O–H groups in total. The Morgan fingerprint density at radius 3 is 1.84 bits per heavy atom. The second kappa shape index (κ2) is 12.5. The molecule has 0 fully saturated rings. The number of nitrogens with one attached hydrogen (secondary N) is 1. The molecule has 6 nitrogen and oxygen atoms in total. The normalized spacial score (nSPS) is 15.8. The molecule has 0 saturated heterocycles. The molecule has 12 rings (SSSR count). The molecule has 4 heterocycles. The molecule has 0 amide bonds. The summed E-state index contributed by atoms with van der Waals surface area (Å²) in [6.07, 6.45) is 8.17. The van der Waals surface area contributed by atoms with Crippen LogP contribution >= 0.6 is 0 Å². The highest BCUT2D eigenvalue weighted by Crippen LogP contribution is 2.39. The minimum atomic E-state index is -0.238. The van der Waals surface area contributed by atoms with Crippen molar-refractivity contribution in [3.8, 4) is 16.8 Å². The van der Waals surface area contributed by atoms with Gasteiger partial charge in [0.25, 0.3) is 0 Å². The molecule has 1 unspecified atom stereocenters. The number of aliphatic imine (C=N–C) groups is 2. The van der Waals surface area contributed by atoms with E-state index in [1.807, 2.05) is 12.1 Å². The molecule has 10 aromatic rings. The van der Waals surface area contributed by atoms with E-state index in [1.54, 1.807) is 0 Å². The van der Waals surface area contributed by atoms with E-state index in [4.69, 9.17) is 18.8 Å². The van der Waals surface area contributed by atoms with Crippen molar-refractivity contribution in [2.24, 2.45) is 9.98 Å². The molecule has 57 heavy (non-hydrogen) atoms. The van der Waals surface area contributed by atoms with Crippen molar-refractivity contribution in [1.29, 1.82) is 0 Å². The molecule has 0 spiro atoms. The maximum absolute atomic E-state index is 6.51. The SMILES string of the molecule is C1=CCCC(C2=NC(c3ccc4oc5ccc(-c6ccc7oc8cc(-n9c%10ccccc%10c%10ccccc%109)ccc8c7c6)cc5c4c3)=NC(c3ccccc3)N2)=C1. The number of aromatic nitrogens is 1. The third-order valence-corrected chi connectivity index (χ3v) is 11.5. The fourth-order valence-corrected chi connectivity index (χ4v) is 8.73. The van der Waals surface area contributed by atoms with Gasteiger partial charge in [0.1, 0.15) is 34.3 Å². The number of rotatable bonds is 5. The Morgan fingerprint density at radius 2 is 1.16 bits per heavy atom. The highest BCUT2D eigenvalue weighted by molar-refractivity contribution is 6.16. The van der Waals surface area contributed by atoms with Crippen LogP contribution in [0.3, 0.4) is 0 Å². The van der Waals surface area contributed by atoms with Crippen LogP contribution in [0.15, 0.2) is 194 Å². The maximum Gasteiger partial charge on any atom is 0.159 e. The molecule has 1 atom stereocenters. The van der Waals surface area contributed by atoms with Crippen LogP contribution < -0.4 is 5.32 Å². The summed E-state index contributed by atoms with van der Waals surface area (Å²) in [5.41, 5.74) is 12.3. The lowest BCUT2D eigenvalue weighted by atomic mass is 10.00. The van der Waals surface area contributed by atoms with Crippen molar-refractivity contribution < 1.29 is 8.83 Å². The first-order valence-corrected chi connectivity index (χ1v) is 19.5. The number of para-hydroxylation sites is 2. The highest BCUT2D eigenvalue weighted by atomic mass is 16.3. The Balaban J connectivity index is 0.936. The first-order chi connectivity index (χ1) is 28.2. The van der Waals surface area contributed by atoms with Gasteiger partial charge >= 0.3 is 0 Å². The highest BCUT2D eigenvalue weighted by Gasteiger charge is 2.23. The van der Waals surface area contributed by atoms with E-state index in [0.717, 1.165) is 90.5 Å². The first kappa shape index (κ1) is 31.9. The summed E-state index contributed by atoms with van der Waals surface area (Å²) in [6, 6.07) is 53.3. The Bertz CT molecular complexity index is 3340. The minimum absolute atomic E-state index is 0.238. The Morgan fingerprint density at radius 1 is 0.544 bits per heavy atom. The molecule has 1 aliphatic heterocycles. The maximum atomic E-state index is 6.51. The monoisotopic (exact) mass is 734 g/mol. The third kappa shape index (κ3) is 5.18. The van der Waals surface area contributed by atoms with Crippen molar-refractivity contribution in [2.45, 2.75) is 19.0 Å². The molecule has 2 aliphatic rings. The van der Waals surface area contributed by atoms with Crippen LogP contribution in [-0.2, 0) is 0 Å². The zero-order valence-electron chi connectivity index (χ0n) is 30.8. The van der Waals surface area contributed by atoms with Crippen LogP contribution in [0.4, 0.5) is 0 Å². The summed E-state index contributed by atoms with van der Waals surface area (Å²) in [5, 5.41) is 10.3. The second-order valence-electron chi connectivity index (χ2n) is 14.9. The number of furan rings is 2. The average molecular weight is 735 g/mol. The zero-order chi connectivity index (χ0) is 37.5. The summed E-state index contributed by atoms with van der Waals surface area (Å²) >= 11 is 0. The number of fused-ring (bicyclic) bond motifs is 9. The van der Waals surface area contributed by atoms with Gasteiger partial charge in [0.2, 0.25) is 0 Å². The molecule has 3 aromatic heterocycles. The quantitative estimate of drug-likeness (QED) is 0.191. The van der Waals surface area contributed by atoms with Gasteiger partial charge in [0.05, 0.1) is 11.0 Å². The lowest BCUT2D eigenvalue weighted by molar-refractivity contribution is 0.668. The van der Waals surface area contributed by atoms with Crippen LogP contribution in [0, 0.1) is 0 Å². The summed E-state index contributed by atoms with van der Waals surface area (Å²) in [5.74, 6) is 1.58. The summed E-state index contributed by atoms with van der Waals surface area (Å²) in [7, 11) is 0. The number of benzene rings is 7. The van der Waals surface area contributed by atoms with E-state index in [9.17, 15) is 0 Å². The van der Waals surface area contributed by atoms with Crippen molar-refractivity contribution >= 4 is 77.4 Å². The van der Waals surface area contributed by atoms with Crippen LogP contribution in [-0.4, -0.2) is 16.2 Å². The molecule has 7 aromatic carbocycles. The van der Waals surface area contributed by atoms with Gasteiger partial charge < -0.3 is 18.7 Å². The lowest BCUT2D eigenvalue weighted by Crippen LogP contribution is -2.34. The Labute approximate surface area is 327 Å². The van der Waals surface area contributed by atoms with Crippen molar-refractivity contribution in [2.75, 3.05) is 0 Å². The van der Waals surface area contributed by atoms with Crippen LogP contribution in [0.1, 0.15) is 30.1 Å². The minimum Gasteiger partial charge on any atom is -0.456 e. The largest absolute Gasteiger partial charge is 0.456 e. The van der Waals surface area contributed by atoms with E-state index in [0.29, 0.717) is 5.84 Å². The van der Waals surface area contributed by atoms with Gasteiger partial charge in [-0.2, -0.15) is 0 Å². The second-order valence-corrected chi connectivity index (χ2v) is 14.9. The van der Waals surface area contributed by atoms with Crippen LogP contribution in [0.2, 0.25) is 0 Å². The number of nitrogens with zero attached hydrogens (tertiary/aromatic N) is 3. The van der Waals surface area contributed by atoms with E-state index >= 15 is 0 Å². The van der Waals surface area contributed by atoms with Gasteiger partial charge in [-0.1, -0.05) is 97.1 Å². The predicted octanol–water partition coefficient (Wildman–Crippen LogP) is 13.0. The molecule has 270 valence electrons. The Hall–Kier alpha value is -7.44. The van der Waals surface area contributed by atoms with Crippen LogP contribution in [0.25, 0.3) is 82.5 Å². The smallest absolute Gasteiger partial charge is 0.159 e. The van der Waals surface area contributed by atoms with Gasteiger partial charge in [0.15, 0.2) is 5.84 Å². The molecule has 6 heteroatoms. The fourth-order valence-electron chi connectivity index (χ4n) is 8.73. The van der Waals surface area contributed by atoms with E-state index in [1.165, 1.54) is 27.4 Å². The number of hydrogen-bond donors (Lipinski definition) is 1. The van der Waals surface area contributed by atoms with Crippen LogP contribution in [0.5, 0.6) is 0 Å². The molecule has 1 aliphatic carbocycles. The number of hydrogen-bond acceptors (Lipinski definition) is 5. The lowest BCUT2D eigenvalue weighted by Gasteiger charge is -2.25. The molecule has 0 saturated carbocycles.